The maximum atomic E-state index is 14.5. The van der Waals surface area contributed by atoms with Crippen molar-refractivity contribution in [3.8, 4) is 22.5 Å². The Morgan fingerprint density at radius 1 is 0.952 bits per heavy atom. The zero-order chi connectivity index (χ0) is 44.9. The molecule has 17 nitrogen and oxygen atoms in total. The van der Waals surface area contributed by atoms with Crippen molar-refractivity contribution in [3.63, 3.8) is 0 Å². The number of ether oxygens (including phenoxy) is 2. The van der Waals surface area contributed by atoms with E-state index in [-0.39, 0.29) is 24.2 Å². The van der Waals surface area contributed by atoms with Crippen molar-refractivity contribution in [2.45, 2.75) is 70.7 Å². The predicted octanol–water partition coefficient (Wildman–Crippen LogP) is 5.07. The molecule has 1 saturated heterocycles. The molecule has 6 rings (SSSR count). The number of aromatic amines is 1. The zero-order valence-electron chi connectivity index (χ0n) is 34.9. The fourth-order valence-corrected chi connectivity index (χ4v) is 7.08. The summed E-state index contributed by atoms with van der Waals surface area (Å²) in [5.74, 6) is -2.38. The van der Waals surface area contributed by atoms with Gasteiger partial charge >= 0.3 is 18.2 Å². The number of nitrogens with one attached hydrogen (secondary N) is 3. The fourth-order valence-electron chi connectivity index (χ4n) is 7.08. The number of halogens is 3. The van der Waals surface area contributed by atoms with Crippen LogP contribution in [0.3, 0.4) is 0 Å². The lowest BCUT2D eigenvalue weighted by Crippen LogP contribution is -2.52. The van der Waals surface area contributed by atoms with Gasteiger partial charge in [0.1, 0.15) is 17.5 Å². The number of nitrogens with two attached hydrogens (primary N) is 1. The summed E-state index contributed by atoms with van der Waals surface area (Å²) in [5.41, 5.74) is 9.59. The molecule has 0 bridgehead atoms. The number of tetrazole rings is 1. The molecule has 4 aromatic rings. The Morgan fingerprint density at radius 2 is 1.58 bits per heavy atom. The number of rotatable bonds is 14. The number of alkyl carbamates (subject to hydrolysis) is 1. The number of pyridine rings is 1. The van der Waals surface area contributed by atoms with Gasteiger partial charge in [-0.3, -0.25) is 19.4 Å². The zero-order valence-corrected chi connectivity index (χ0v) is 34.9. The highest BCUT2D eigenvalue weighted by molar-refractivity contribution is 6.01. The Balaban J connectivity index is 0.000000955. The molecule has 0 spiro atoms. The molecule has 3 amide bonds. The lowest BCUT2D eigenvalue weighted by Gasteiger charge is -2.36. The van der Waals surface area contributed by atoms with E-state index in [9.17, 15) is 27.6 Å². The van der Waals surface area contributed by atoms with E-state index in [1.165, 1.54) is 0 Å². The number of carbonyl (C=O) groups excluding carboxylic acids is 3. The number of hydrogen-bond acceptors (Lipinski definition) is 12. The molecule has 2 aliphatic rings. The van der Waals surface area contributed by atoms with Crippen molar-refractivity contribution in [3.05, 3.63) is 72.4 Å². The maximum absolute atomic E-state index is 14.5. The number of aliphatic carboxylic acids is 1. The van der Waals surface area contributed by atoms with Gasteiger partial charge in [0.15, 0.2) is 0 Å². The Bertz CT molecular complexity index is 2050. The van der Waals surface area contributed by atoms with Crippen molar-refractivity contribution in [2.75, 3.05) is 56.2 Å². The quantitative estimate of drug-likeness (QED) is 0.112. The van der Waals surface area contributed by atoms with Gasteiger partial charge in [-0.1, -0.05) is 24.3 Å². The first kappa shape index (κ1) is 46.9. The Morgan fingerprint density at radius 3 is 2.13 bits per heavy atom. The first-order chi connectivity index (χ1) is 29.5. The molecule has 1 aliphatic heterocycles. The SMILES string of the molecule is CC(C)(C)OC(=O)NC[C@H]1CC[C@H](C(=O)N(c2ccc(-c3nn[nH]n3)cc2)[C@@H](Cc2ccc(-c3ccc(NCCN4CCOCC4)nc3)cc2)C(N)=O)CC1.O=C(O)C(F)(F)F. The first-order valence-electron chi connectivity index (χ1n) is 20.3. The Labute approximate surface area is 356 Å². The van der Waals surface area contributed by atoms with Crippen LogP contribution in [0.15, 0.2) is 66.9 Å². The van der Waals surface area contributed by atoms with E-state index in [2.05, 4.69) is 41.1 Å². The highest BCUT2D eigenvalue weighted by Gasteiger charge is 2.38. The maximum Gasteiger partial charge on any atom is 0.490 e. The van der Waals surface area contributed by atoms with Crippen LogP contribution in [0.1, 0.15) is 52.0 Å². The number of H-pyrrole nitrogens is 1. The molecule has 20 heteroatoms. The lowest BCUT2D eigenvalue weighted by molar-refractivity contribution is -0.192. The summed E-state index contributed by atoms with van der Waals surface area (Å²) in [6, 6.07) is 18.1. The second-order valence-electron chi connectivity index (χ2n) is 16.0. The van der Waals surface area contributed by atoms with Crippen LogP contribution in [0.4, 0.5) is 29.5 Å². The Hall–Kier alpha value is -6.15. The minimum absolute atomic E-state index is 0.156. The lowest BCUT2D eigenvalue weighted by atomic mass is 9.81. The van der Waals surface area contributed by atoms with Gasteiger partial charge in [-0.15, -0.1) is 10.2 Å². The molecule has 3 heterocycles. The summed E-state index contributed by atoms with van der Waals surface area (Å²) in [4.78, 5) is 57.4. The van der Waals surface area contributed by atoms with E-state index >= 15 is 0 Å². The van der Waals surface area contributed by atoms with Crippen molar-refractivity contribution in [1.82, 2.24) is 35.8 Å². The molecule has 0 radical (unpaired) electrons. The van der Waals surface area contributed by atoms with Crippen LogP contribution in [-0.2, 0) is 30.3 Å². The number of amides is 3. The van der Waals surface area contributed by atoms with E-state index in [4.69, 9.17) is 25.1 Å². The van der Waals surface area contributed by atoms with Crippen LogP contribution in [0.25, 0.3) is 22.5 Å². The summed E-state index contributed by atoms with van der Waals surface area (Å²) in [6.07, 6.45) is -0.719. The minimum atomic E-state index is -5.08. The predicted molar refractivity (Wildman–Crippen MR) is 223 cm³/mol. The van der Waals surface area contributed by atoms with Gasteiger partial charge in [-0.05, 0) is 105 Å². The van der Waals surface area contributed by atoms with E-state index in [1.807, 2.05) is 63.4 Å². The van der Waals surface area contributed by atoms with Crippen LogP contribution in [0.5, 0.6) is 0 Å². The highest BCUT2D eigenvalue weighted by atomic mass is 19.4. The summed E-state index contributed by atoms with van der Waals surface area (Å²) >= 11 is 0. The number of anilines is 2. The normalized spacial score (nSPS) is 17.5. The van der Waals surface area contributed by atoms with Crippen LogP contribution < -0.4 is 21.3 Å². The molecule has 0 unspecified atom stereocenters. The van der Waals surface area contributed by atoms with E-state index in [1.54, 1.807) is 29.2 Å². The van der Waals surface area contributed by atoms with Crippen molar-refractivity contribution >= 4 is 35.4 Å². The van der Waals surface area contributed by atoms with E-state index < -0.39 is 35.8 Å². The summed E-state index contributed by atoms with van der Waals surface area (Å²) in [7, 11) is 0. The van der Waals surface area contributed by atoms with Gasteiger partial charge in [-0.2, -0.15) is 18.4 Å². The molecule has 1 saturated carbocycles. The molecule has 6 N–H and O–H groups in total. The third-order valence-corrected chi connectivity index (χ3v) is 10.3. The van der Waals surface area contributed by atoms with Crippen LogP contribution in [-0.4, -0.2) is 123 Å². The van der Waals surface area contributed by atoms with E-state index in [0.29, 0.717) is 36.5 Å². The average molecular weight is 867 g/mol. The summed E-state index contributed by atoms with van der Waals surface area (Å²) < 4.78 is 42.5. The smallest absolute Gasteiger partial charge is 0.475 e. The van der Waals surface area contributed by atoms with Crippen LogP contribution >= 0.6 is 0 Å². The summed E-state index contributed by atoms with van der Waals surface area (Å²) in [6.45, 7) is 11.2. The van der Waals surface area contributed by atoms with E-state index in [0.717, 1.165) is 74.7 Å². The van der Waals surface area contributed by atoms with Crippen molar-refractivity contribution in [2.24, 2.45) is 17.6 Å². The molecule has 2 aromatic heterocycles. The topological polar surface area (TPSA) is 231 Å². The number of primary amides is 1. The van der Waals surface area contributed by atoms with Gasteiger partial charge < -0.3 is 30.9 Å². The van der Waals surface area contributed by atoms with Gasteiger partial charge in [-0.25, -0.2) is 14.6 Å². The monoisotopic (exact) mass is 866 g/mol. The number of benzene rings is 2. The number of carbonyl (C=O) groups is 4. The molecule has 334 valence electrons. The molecular weight excluding hydrogens is 814 g/mol. The third kappa shape index (κ3) is 14.2. The third-order valence-electron chi connectivity index (χ3n) is 10.3. The number of aromatic nitrogens is 5. The molecule has 1 atom stereocenters. The van der Waals surface area contributed by atoms with Gasteiger partial charge in [0.05, 0.1) is 13.2 Å². The Kier molecular flexibility index (Phi) is 16.3. The standard InChI is InChI=1S/C40H52N10O5.C2HF3O2/c1-40(2,3)55-39(53)44-25-28-6-10-31(11-7-28)38(52)50(33-15-12-30(13-16-33)37-45-47-48-46-37)34(36(41)51)24-27-4-8-29(9-5-27)32-14-17-35(43-26-32)42-18-19-49-20-22-54-23-21-49;3-2(4,5)1(6)7/h4-5,8-9,12-17,26,28,31,34H,6-7,10-11,18-25H2,1-3H3,(H2,41,51)(H,42,43)(H,44,53)(H,45,46,47,48);(H,6,7)/t28-,31-,34-;/m0./s1. The number of hydrogen-bond donors (Lipinski definition) is 5. The second kappa shape index (κ2) is 21.6. The molecular formula is C42H53F3N10O7. The van der Waals surface area contributed by atoms with Gasteiger partial charge in [0, 0.05) is 68.1 Å². The summed E-state index contributed by atoms with van der Waals surface area (Å²) in [5, 5.41) is 27.6. The second-order valence-corrected chi connectivity index (χ2v) is 16.0. The van der Waals surface area contributed by atoms with Crippen molar-refractivity contribution in [1.29, 1.82) is 0 Å². The highest BCUT2D eigenvalue weighted by Crippen LogP contribution is 2.33. The van der Waals surface area contributed by atoms with Gasteiger partial charge in [0.2, 0.25) is 17.6 Å². The molecule has 2 fully saturated rings. The minimum Gasteiger partial charge on any atom is -0.475 e. The number of morpholine rings is 1. The fraction of sp³-hybridized carbons (Fsp3) is 0.476. The largest absolute Gasteiger partial charge is 0.490 e. The van der Waals surface area contributed by atoms with Crippen LogP contribution in [0.2, 0.25) is 0 Å². The van der Waals surface area contributed by atoms with Gasteiger partial charge in [0.25, 0.3) is 0 Å². The molecule has 2 aromatic carbocycles. The number of alkyl halides is 3. The average Bonchev–Trinajstić information content (AvgIpc) is 3.79. The molecule has 1 aliphatic carbocycles. The van der Waals surface area contributed by atoms with Crippen molar-refractivity contribution < 1.29 is 46.9 Å². The molecule has 62 heavy (non-hydrogen) atoms. The van der Waals surface area contributed by atoms with Crippen LogP contribution in [0, 0.1) is 11.8 Å². The number of carboxylic acid groups (broad SMARTS) is 1. The number of carboxylic acids is 1. The number of nitrogens with zero attached hydrogens (tertiary/aromatic N) is 6. The first-order valence-corrected chi connectivity index (χ1v) is 20.3.